The molecule has 0 radical (unpaired) electrons. The zero-order valence-electron chi connectivity index (χ0n) is 10.6. The molecule has 3 N–H and O–H groups in total. The van der Waals surface area contributed by atoms with Crippen LogP contribution in [0.15, 0.2) is 0 Å². The summed E-state index contributed by atoms with van der Waals surface area (Å²) in [5, 5.41) is 16.0. The summed E-state index contributed by atoms with van der Waals surface area (Å²) in [6.07, 6.45) is 3.37. The predicted molar refractivity (Wildman–Crippen MR) is 77.3 cm³/mol. The molecule has 1 saturated heterocycles. The molecule has 1 heterocycles. The number of aliphatic hydroxyl groups excluding tert-OH is 1. The Bertz CT molecular complexity index is 262. The summed E-state index contributed by atoms with van der Waals surface area (Å²) >= 11 is 1.91. The topological polar surface area (TPSA) is 61.4 Å². The molecule has 18 heavy (non-hydrogen) atoms. The SMILES string of the molecule is Cl.O=C(CC1CSCCN1)NCC1CCCC1O. The van der Waals surface area contributed by atoms with Crippen LogP contribution in [-0.2, 0) is 4.79 Å². The van der Waals surface area contributed by atoms with E-state index in [1.165, 1.54) is 0 Å². The van der Waals surface area contributed by atoms with Gasteiger partial charge in [-0.15, -0.1) is 12.4 Å². The number of hydrogen-bond acceptors (Lipinski definition) is 4. The van der Waals surface area contributed by atoms with Crippen LogP contribution in [-0.4, -0.2) is 47.8 Å². The second-order valence-electron chi connectivity index (χ2n) is 4.99. The van der Waals surface area contributed by atoms with E-state index in [1.807, 2.05) is 11.8 Å². The molecule has 3 unspecified atom stereocenters. The van der Waals surface area contributed by atoms with Crippen LogP contribution in [0.5, 0.6) is 0 Å². The van der Waals surface area contributed by atoms with E-state index in [-0.39, 0.29) is 30.3 Å². The molecule has 4 nitrogen and oxygen atoms in total. The van der Waals surface area contributed by atoms with E-state index in [1.54, 1.807) is 0 Å². The summed E-state index contributed by atoms with van der Waals surface area (Å²) in [5.41, 5.74) is 0. The third-order valence-electron chi connectivity index (χ3n) is 3.61. The van der Waals surface area contributed by atoms with E-state index >= 15 is 0 Å². The normalized spacial score (nSPS) is 31.7. The van der Waals surface area contributed by atoms with E-state index < -0.39 is 0 Å². The van der Waals surface area contributed by atoms with Crippen LogP contribution in [0.4, 0.5) is 0 Å². The Hall–Kier alpha value is 0.0300. The van der Waals surface area contributed by atoms with Gasteiger partial charge in [0.15, 0.2) is 0 Å². The van der Waals surface area contributed by atoms with E-state index in [2.05, 4.69) is 10.6 Å². The molecule has 1 saturated carbocycles. The molecule has 1 aliphatic heterocycles. The van der Waals surface area contributed by atoms with Crippen molar-refractivity contribution < 1.29 is 9.90 Å². The maximum atomic E-state index is 11.7. The lowest BCUT2D eigenvalue weighted by molar-refractivity contribution is -0.121. The van der Waals surface area contributed by atoms with Crippen molar-refractivity contribution in [1.29, 1.82) is 0 Å². The molecule has 3 atom stereocenters. The van der Waals surface area contributed by atoms with Gasteiger partial charge in [-0.3, -0.25) is 4.79 Å². The lowest BCUT2D eigenvalue weighted by Gasteiger charge is -2.23. The Kier molecular flexibility index (Phi) is 7.37. The summed E-state index contributed by atoms with van der Waals surface area (Å²) in [6, 6.07) is 0.322. The Morgan fingerprint density at radius 1 is 1.44 bits per heavy atom. The highest BCUT2D eigenvalue weighted by atomic mass is 35.5. The van der Waals surface area contributed by atoms with E-state index in [0.29, 0.717) is 19.0 Å². The van der Waals surface area contributed by atoms with E-state index in [0.717, 1.165) is 37.3 Å². The third-order valence-corrected chi connectivity index (χ3v) is 4.74. The summed E-state index contributed by atoms with van der Waals surface area (Å²) in [7, 11) is 0. The summed E-state index contributed by atoms with van der Waals surface area (Å²) < 4.78 is 0. The Morgan fingerprint density at radius 3 is 2.89 bits per heavy atom. The average Bonchev–Trinajstić information content (AvgIpc) is 2.74. The van der Waals surface area contributed by atoms with Crippen molar-refractivity contribution in [3.8, 4) is 0 Å². The molecule has 0 aromatic rings. The molecule has 2 fully saturated rings. The zero-order valence-corrected chi connectivity index (χ0v) is 12.2. The number of nitrogens with one attached hydrogen (secondary N) is 2. The molecule has 1 aliphatic carbocycles. The molecule has 2 rings (SSSR count). The quantitative estimate of drug-likeness (QED) is 0.717. The van der Waals surface area contributed by atoms with Crippen LogP contribution in [0.3, 0.4) is 0 Å². The van der Waals surface area contributed by atoms with Gasteiger partial charge in [0.1, 0.15) is 0 Å². The van der Waals surface area contributed by atoms with Crippen molar-refractivity contribution >= 4 is 30.1 Å². The smallest absolute Gasteiger partial charge is 0.221 e. The van der Waals surface area contributed by atoms with Gasteiger partial charge in [0.2, 0.25) is 5.91 Å². The van der Waals surface area contributed by atoms with E-state index in [9.17, 15) is 9.90 Å². The van der Waals surface area contributed by atoms with Gasteiger partial charge in [-0.05, 0) is 12.8 Å². The molecule has 0 bridgehead atoms. The standard InChI is InChI=1S/C12H22N2O2S.ClH/c15-11-3-1-2-9(11)7-14-12(16)6-10-8-17-5-4-13-10;/h9-11,13,15H,1-8H2,(H,14,16);1H. The Morgan fingerprint density at radius 2 is 2.28 bits per heavy atom. The Balaban J connectivity index is 0.00000162. The number of hydrogen-bond donors (Lipinski definition) is 3. The lowest BCUT2D eigenvalue weighted by atomic mass is 10.1. The van der Waals surface area contributed by atoms with Crippen molar-refractivity contribution in [2.24, 2.45) is 5.92 Å². The zero-order chi connectivity index (χ0) is 12.1. The van der Waals surface area contributed by atoms with Crippen molar-refractivity contribution in [1.82, 2.24) is 10.6 Å². The number of amides is 1. The summed E-state index contributed by atoms with van der Waals surface area (Å²) in [4.78, 5) is 11.7. The molecule has 0 aromatic heterocycles. The number of aliphatic hydroxyl groups is 1. The van der Waals surface area contributed by atoms with Crippen LogP contribution in [0, 0.1) is 5.92 Å². The van der Waals surface area contributed by atoms with Gasteiger partial charge in [0, 0.05) is 43.0 Å². The predicted octanol–water partition coefficient (Wildman–Crippen LogP) is 0.780. The molecule has 2 aliphatic rings. The van der Waals surface area contributed by atoms with Crippen molar-refractivity contribution in [2.75, 3.05) is 24.6 Å². The maximum Gasteiger partial charge on any atom is 0.221 e. The van der Waals surface area contributed by atoms with Gasteiger partial charge in [0.25, 0.3) is 0 Å². The van der Waals surface area contributed by atoms with Gasteiger partial charge < -0.3 is 15.7 Å². The maximum absolute atomic E-state index is 11.7. The first kappa shape index (κ1) is 16.1. The second kappa shape index (κ2) is 8.25. The van der Waals surface area contributed by atoms with Gasteiger partial charge in [-0.1, -0.05) is 6.42 Å². The highest BCUT2D eigenvalue weighted by Gasteiger charge is 2.25. The van der Waals surface area contributed by atoms with Crippen LogP contribution < -0.4 is 10.6 Å². The molecule has 0 aromatic carbocycles. The van der Waals surface area contributed by atoms with Crippen LogP contribution >= 0.6 is 24.2 Å². The molecule has 1 amide bonds. The van der Waals surface area contributed by atoms with Gasteiger partial charge >= 0.3 is 0 Å². The van der Waals surface area contributed by atoms with Crippen molar-refractivity contribution in [3.63, 3.8) is 0 Å². The molecular weight excluding hydrogens is 272 g/mol. The largest absolute Gasteiger partial charge is 0.393 e. The number of rotatable bonds is 4. The van der Waals surface area contributed by atoms with Crippen LogP contribution in [0.25, 0.3) is 0 Å². The summed E-state index contributed by atoms with van der Waals surface area (Å²) in [5.74, 6) is 2.56. The minimum Gasteiger partial charge on any atom is -0.393 e. The molecule has 0 spiro atoms. The highest BCUT2D eigenvalue weighted by Crippen LogP contribution is 2.24. The van der Waals surface area contributed by atoms with Crippen molar-refractivity contribution in [3.05, 3.63) is 0 Å². The van der Waals surface area contributed by atoms with Gasteiger partial charge in [-0.2, -0.15) is 11.8 Å². The first-order chi connectivity index (χ1) is 8.25. The number of thioether (sulfide) groups is 1. The first-order valence-electron chi connectivity index (χ1n) is 6.51. The van der Waals surface area contributed by atoms with Crippen LogP contribution in [0.1, 0.15) is 25.7 Å². The number of carbonyl (C=O) groups excluding carboxylic acids is 1. The fourth-order valence-corrected chi connectivity index (χ4v) is 3.50. The second-order valence-corrected chi connectivity index (χ2v) is 6.14. The monoisotopic (exact) mass is 294 g/mol. The fraction of sp³-hybridized carbons (Fsp3) is 0.917. The Labute approximate surface area is 119 Å². The molecule has 106 valence electrons. The average molecular weight is 295 g/mol. The minimum absolute atomic E-state index is 0. The van der Waals surface area contributed by atoms with Crippen molar-refractivity contribution in [2.45, 2.75) is 37.8 Å². The fourth-order valence-electron chi connectivity index (χ4n) is 2.55. The highest BCUT2D eigenvalue weighted by molar-refractivity contribution is 7.99. The minimum atomic E-state index is -0.210. The third kappa shape index (κ3) is 4.96. The number of carbonyl (C=O) groups is 1. The van der Waals surface area contributed by atoms with Crippen LogP contribution in [0.2, 0.25) is 0 Å². The summed E-state index contributed by atoms with van der Waals surface area (Å²) in [6.45, 7) is 1.64. The lowest BCUT2D eigenvalue weighted by Crippen LogP contribution is -2.42. The van der Waals surface area contributed by atoms with Gasteiger partial charge in [-0.25, -0.2) is 0 Å². The molecule has 6 heteroatoms. The molecular formula is C12H23ClN2O2S. The van der Waals surface area contributed by atoms with E-state index in [4.69, 9.17) is 0 Å². The first-order valence-corrected chi connectivity index (χ1v) is 7.67. The number of halogens is 1. The van der Waals surface area contributed by atoms with Gasteiger partial charge in [0.05, 0.1) is 6.10 Å².